The van der Waals surface area contributed by atoms with Gasteiger partial charge in [0.1, 0.15) is 16.8 Å². The maximum atomic E-state index is 13.9. The number of nitrogens with zero attached hydrogens (tertiary/aromatic N) is 1. The van der Waals surface area contributed by atoms with Gasteiger partial charge in [0.15, 0.2) is 6.61 Å². The summed E-state index contributed by atoms with van der Waals surface area (Å²) in [5.74, 6) is -3.35. The lowest BCUT2D eigenvalue weighted by Gasteiger charge is -2.31. The molecular formula is C28H18Cl2FN3O5S2. The van der Waals surface area contributed by atoms with Crippen molar-refractivity contribution in [1.82, 2.24) is 4.98 Å². The standard InChI is InChI=1S/C28H18Cl2FN3O5S2/c29-13-1-6-16(7-2-13)32-20(35)12-39-19-10-3-14(30)11-18(19)21-22-24(40-25-23(21)41-28(38)33-25)27(37)34(26(22)36)17-8-4-15(31)5-9-17/h1-11,21-22,24H,12H2,(H,32,35)(H,33,38). The Bertz CT molecular complexity index is 1740. The summed E-state index contributed by atoms with van der Waals surface area (Å²) in [6, 6.07) is 16.4. The third-order valence-corrected chi connectivity index (χ3v) is 9.59. The molecule has 3 heterocycles. The molecular weight excluding hydrogens is 612 g/mol. The Morgan fingerprint density at radius 3 is 2.41 bits per heavy atom. The first-order valence-corrected chi connectivity index (χ1v) is 14.7. The van der Waals surface area contributed by atoms with Crippen LogP contribution in [0.2, 0.25) is 10.0 Å². The van der Waals surface area contributed by atoms with Gasteiger partial charge in [-0.05, 0) is 66.7 Å². The molecule has 3 unspecified atom stereocenters. The first-order chi connectivity index (χ1) is 19.7. The number of benzene rings is 3. The molecule has 6 rings (SSSR count). The monoisotopic (exact) mass is 629 g/mol. The fourth-order valence-corrected chi connectivity index (χ4v) is 7.78. The van der Waals surface area contributed by atoms with Crippen LogP contribution in [-0.4, -0.2) is 34.6 Å². The molecule has 3 amide bonds. The van der Waals surface area contributed by atoms with Crippen molar-refractivity contribution in [2.75, 3.05) is 16.8 Å². The van der Waals surface area contributed by atoms with Crippen LogP contribution in [-0.2, 0) is 14.4 Å². The van der Waals surface area contributed by atoms with Crippen molar-refractivity contribution in [2.24, 2.45) is 5.92 Å². The number of thiazole rings is 1. The maximum Gasteiger partial charge on any atom is 0.305 e. The quantitative estimate of drug-likeness (QED) is 0.265. The predicted octanol–water partition coefficient (Wildman–Crippen LogP) is 5.70. The predicted molar refractivity (Wildman–Crippen MR) is 156 cm³/mol. The van der Waals surface area contributed by atoms with E-state index in [0.717, 1.165) is 28.0 Å². The number of imide groups is 1. The van der Waals surface area contributed by atoms with Crippen LogP contribution in [0, 0.1) is 11.7 Å². The SMILES string of the molecule is O=C(COc1ccc(Cl)cc1C1c2sc(=O)[nH]c2SC2C(=O)N(c3ccc(F)cc3)C(=O)C21)Nc1ccc(Cl)cc1. The van der Waals surface area contributed by atoms with Gasteiger partial charge in [-0.15, -0.1) is 0 Å². The molecule has 2 aliphatic rings. The number of rotatable bonds is 6. The van der Waals surface area contributed by atoms with Gasteiger partial charge in [-0.25, -0.2) is 9.29 Å². The first-order valence-electron chi connectivity index (χ1n) is 12.2. The molecule has 1 saturated heterocycles. The molecule has 0 aliphatic carbocycles. The summed E-state index contributed by atoms with van der Waals surface area (Å²) in [5, 5.41) is 3.19. The molecule has 8 nitrogen and oxygen atoms in total. The Kier molecular flexibility index (Phi) is 7.37. The van der Waals surface area contributed by atoms with E-state index in [1.54, 1.807) is 42.5 Å². The summed E-state index contributed by atoms with van der Waals surface area (Å²) in [6.45, 7) is -0.363. The lowest BCUT2D eigenvalue weighted by Crippen LogP contribution is -2.32. The van der Waals surface area contributed by atoms with Gasteiger partial charge in [-0.1, -0.05) is 46.3 Å². The minimum atomic E-state index is -0.916. The minimum Gasteiger partial charge on any atom is -0.483 e. The number of hydrogen-bond acceptors (Lipinski definition) is 7. The van der Waals surface area contributed by atoms with E-state index < -0.39 is 40.6 Å². The minimum absolute atomic E-state index is 0.244. The smallest absolute Gasteiger partial charge is 0.305 e. The van der Waals surface area contributed by atoms with Gasteiger partial charge < -0.3 is 15.0 Å². The van der Waals surface area contributed by atoms with Gasteiger partial charge in [-0.3, -0.25) is 19.2 Å². The van der Waals surface area contributed by atoms with Crippen molar-refractivity contribution in [2.45, 2.75) is 16.2 Å². The summed E-state index contributed by atoms with van der Waals surface area (Å²) in [6.07, 6.45) is 0. The molecule has 0 saturated carbocycles. The van der Waals surface area contributed by atoms with Crippen LogP contribution >= 0.6 is 46.3 Å². The van der Waals surface area contributed by atoms with E-state index in [9.17, 15) is 23.6 Å². The van der Waals surface area contributed by atoms with Gasteiger partial charge in [-0.2, -0.15) is 0 Å². The van der Waals surface area contributed by atoms with E-state index in [4.69, 9.17) is 27.9 Å². The van der Waals surface area contributed by atoms with Crippen molar-refractivity contribution < 1.29 is 23.5 Å². The summed E-state index contributed by atoms with van der Waals surface area (Å²) < 4.78 is 19.5. The molecule has 3 atom stereocenters. The normalized spacial score (nSPS) is 19.6. The Labute approximate surface area is 250 Å². The summed E-state index contributed by atoms with van der Waals surface area (Å²) in [5.41, 5.74) is 1.23. The number of ether oxygens (including phenoxy) is 1. The third-order valence-electron chi connectivity index (χ3n) is 6.70. The highest BCUT2D eigenvalue weighted by atomic mass is 35.5. The Balaban J connectivity index is 1.36. The van der Waals surface area contributed by atoms with Crippen molar-refractivity contribution in [3.05, 3.63) is 103 Å². The van der Waals surface area contributed by atoms with E-state index in [1.165, 1.54) is 24.3 Å². The Hall–Kier alpha value is -3.64. The number of nitrogens with one attached hydrogen (secondary N) is 2. The van der Waals surface area contributed by atoms with Crippen LogP contribution < -0.4 is 19.8 Å². The number of H-pyrrole nitrogens is 1. The number of anilines is 2. The second-order valence-electron chi connectivity index (χ2n) is 9.26. The Morgan fingerprint density at radius 2 is 1.68 bits per heavy atom. The van der Waals surface area contributed by atoms with Crippen molar-refractivity contribution in [3.8, 4) is 5.75 Å². The van der Waals surface area contributed by atoms with Crippen molar-refractivity contribution >= 4 is 75.4 Å². The first kappa shape index (κ1) is 27.5. The number of carbonyl (C=O) groups is 3. The van der Waals surface area contributed by atoms with Crippen LogP contribution in [0.15, 0.2) is 76.6 Å². The number of aromatic amines is 1. The lowest BCUT2D eigenvalue weighted by atomic mass is 9.82. The molecule has 13 heteroatoms. The zero-order valence-corrected chi connectivity index (χ0v) is 23.9. The molecule has 0 spiro atoms. The van der Waals surface area contributed by atoms with Crippen LogP contribution in [0.25, 0.3) is 0 Å². The largest absolute Gasteiger partial charge is 0.483 e. The van der Waals surface area contributed by atoms with Crippen molar-refractivity contribution in [3.63, 3.8) is 0 Å². The number of amides is 3. The second kappa shape index (κ2) is 11.0. The fraction of sp³-hybridized carbons (Fsp3) is 0.143. The molecule has 1 aromatic heterocycles. The average Bonchev–Trinajstić information content (AvgIpc) is 3.44. The van der Waals surface area contributed by atoms with E-state index in [2.05, 4.69) is 10.3 Å². The zero-order valence-electron chi connectivity index (χ0n) is 20.7. The van der Waals surface area contributed by atoms with Crippen LogP contribution in [0.5, 0.6) is 5.75 Å². The zero-order chi connectivity index (χ0) is 28.8. The highest BCUT2D eigenvalue weighted by Gasteiger charge is 2.56. The number of hydrogen-bond donors (Lipinski definition) is 2. The number of carbonyl (C=O) groups excluding carboxylic acids is 3. The summed E-state index contributed by atoms with van der Waals surface area (Å²) in [4.78, 5) is 56.6. The summed E-state index contributed by atoms with van der Waals surface area (Å²) >= 11 is 14.3. The van der Waals surface area contributed by atoms with E-state index in [-0.39, 0.29) is 22.9 Å². The average molecular weight is 631 g/mol. The highest BCUT2D eigenvalue weighted by molar-refractivity contribution is 8.00. The number of fused-ring (bicyclic) bond motifs is 2. The number of halogens is 3. The van der Waals surface area contributed by atoms with E-state index in [0.29, 0.717) is 31.2 Å². The maximum absolute atomic E-state index is 13.9. The Morgan fingerprint density at radius 1 is 0.976 bits per heavy atom. The summed E-state index contributed by atoms with van der Waals surface area (Å²) in [7, 11) is 0. The van der Waals surface area contributed by atoms with Crippen molar-refractivity contribution in [1.29, 1.82) is 0 Å². The van der Waals surface area contributed by atoms with Gasteiger partial charge in [0.05, 0.1) is 16.6 Å². The van der Waals surface area contributed by atoms with E-state index in [1.807, 2.05) is 0 Å². The number of thioether (sulfide) groups is 1. The molecule has 2 N–H and O–H groups in total. The molecule has 41 heavy (non-hydrogen) atoms. The topological polar surface area (TPSA) is 109 Å². The lowest BCUT2D eigenvalue weighted by molar-refractivity contribution is -0.122. The molecule has 3 aromatic carbocycles. The van der Waals surface area contributed by atoms with Crippen LogP contribution in [0.4, 0.5) is 15.8 Å². The molecule has 0 radical (unpaired) electrons. The third kappa shape index (κ3) is 5.26. The molecule has 1 fully saturated rings. The van der Waals surface area contributed by atoms with Gasteiger partial charge in [0.2, 0.25) is 11.8 Å². The second-order valence-corrected chi connectivity index (χ2v) is 12.3. The van der Waals surface area contributed by atoms with Crippen LogP contribution in [0.3, 0.4) is 0 Å². The molecule has 208 valence electrons. The molecule has 4 aromatic rings. The van der Waals surface area contributed by atoms with Gasteiger partial charge in [0, 0.05) is 32.1 Å². The van der Waals surface area contributed by atoms with Gasteiger partial charge >= 0.3 is 4.87 Å². The molecule has 2 aliphatic heterocycles. The molecule has 0 bridgehead atoms. The van der Waals surface area contributed by atoms with Crippen LogP contribution in [0.1, 0.15) is 16.4 Å². The highest BCUT2D eigenvalue weighted by Crippen LogP contribution is 2.54. The fourth-order valence-electron chi connectivity index (χ4n) is 4.96. The van der Waals surface area contributed by atoms with E-state index >= 15 is 0 Å². The van der Waals surface area contributed by atoms with Gasteiger partial charge in [0.25, 0.3) is 5.91 Å². The number of aromatic nitrogens is 1.